The summed E-state index contributed by atoms with van der Waals surface area (Å²) in [4.78, 5) is 23.6. The SMILES string of the molecule is C[C@H](NC(=O)CNC(=O)CSC1CCCC1)c1ccc(F)cc1. The minimum atomic E-state index is -0.306. The minimum Gasteiger partial charge on any atom is -0.348 e. The van der Waals surface area contributed by atoms with Crippen LogP contribution in [0.25, 0.3) is 0 Å². The summed E-state index contributed by atoms with van der Waals surface area (Å²) in [5.41, 5.74) is 0.822. The lowest BCUT2D eigenvalue weighted by atomic mass is 10.1. The van der Waals surface area contributed by atoms with E-state index in [1.807, 2.05) is 6.92 Å². The van der Waals surface area contributed by atoms with E-state index in [4.69, 9.17) is 0 Å². The summed E-state index contributed by atoms with van der Waals surface area (Å²) < 4.78 is 12.9. The number of nitrogens with one attached hydrogen (secondary N) is 2. The third-order valence-corrected chi connectivity index (χ3v) is 5.32. The van der Waals surface area contributed by atoms with Crippen molar-refractivity contribution >= 4 is 23.6 Å². The molecule has 23 heavy (non-hydrogen) atoms. The van der Waals surface area contributed by atoms with Crippen molar-refractivity contribution < 1.29 is 14.0 Å². The van der Waals surface area contributed by atoms with Gasteiger partial charge in [0.05, 0.1) is 18.3 Å². The van der Waals surface area contributed by atoms with Crippen LogP contribution in [-0.4, -0.2) is 29.4 Å². The fourth-order valence-corrected chi connectivity index (χ4v) is 3.76. The van der Waals surface area contributed by atoms with E-state index in [1.165, 1.54) is 37.8 Å². The monoisotopic (exact) mass is 338 g/mol. The van der Waals surface area contributed by atoms with Crippen molar-refractivity contribution in [3.05, 3.63) is 35.6 Å². The lowest BCUT2D eigenvalue weighted by Crippen LogP contribution is -2.38. The van der Waals surface area contributed by atoms with E-state index in [2.05, 4.69) is 10.6 Å². The van der Waals surface area contributed by atoms with E-state index in [1.54, 1.807) is 23.9 Å². The first-order valence-corrected chi connectivity index (χ1v) is 9.02. The Morgan fingerprint density at radius 3 is 2.52 bits per heavy atom. The molecule has 0 heterocycles. The zero-order valence-corrected chi connectivity index (χ0v) is 14.1. The Balaban J connectivity index is 1.65. The fourth-order valence-electron chi connectivity index (χ4n) is 2.61. The molecule has 1 atom stereocenters. The molecule has 0 radical (unpaired) electrons. The Kier molecular flexibility index (Phi) is 6.89. The second-order valence-corrected chi connectivity index (χ2v) is 7.12. The Hall–Kier alpha value is -1.56. The van der Waals surface area contributed by atoms with Crippen molar-refractivity contribution in [3.63, 3.8) is 0 Å². The number of rotatable bonds is 7. The predicted molar refractivity (Wildman–Crippen MR) is 90.7 cm³/mol. The van der Waals surface area contributed by atoms with Crippen molar-refractivity contribution in [3.8, 4) is 0 Å². The van der Waals surface area contributed by atoms with Crippen molar-refractivity contribution in [2.45, 2.75) is 43.9 Å². The van der Waals surface area contributed by atoms with Crippen LogP contribution in [0.3, 0.4) is 0 Å². The predicted octanol–water partition coefficient (Wildman–Crippen LogP) is 2.79. The van der Waals surface area contributed by atoms with Gasteiger partial charge in [-0.1, -0.05) is 25.0 Å². The third-order valence-electron chi connectivity index (χ3n) is 3.95. The zero-order valence-electron chi connectivity index (χ0n) is 13.3. The molecule has 1 aliphatic carbocycles. The van der Waals surface area contributed by atoms with E-state index < -0.39 is 0 Å². The van der Waals surface area contributed by atoms with Crippen LogP contribution in [0.1, 0.15) is 44.2 Å². The number of hydrogen-bond donors (Lipinski definition) is 2. The molecule has 1 aromatic rings. The summed E-state index contributed by atoms with van der Waals surface area (Å²) in [7, 11) is 0. The zero-order chi connectivity index (χ0) is 16.7. The fraction of sp³-hybridized carbons (Fsp3) is 0.529. The van der Waals surface area contributed by atoms with Gasteiger partial charge in [-0.05, 0) is 37.5 Å². The molecule has 0 aliphatic heterocycles. The minimum absolute atomic E-state index is 0.0321. The van der Waals surface area contributed by atoms with Crippen LogP contribution in [0, 0.1) is 5.82 Å². The van der Waals surface area contributed by atoms with Crippen LogP contribution in [0.4, 0.5) is 4.39 Å². The maximum atomic E-state index is 12.9. The smallest absolute Gasteiger partial charge is 0.239 e. The van der Waals surface area contributed by atoms with Crippen LogP contribution in [-0.2, 0) is 9.59 Å². The number of carbonyl (C=O) groups excluding carboxylic acids is 2. The van der Waals surface area contributed by atoms with Crippen molar-refractivity contribution in [1.29, 1.82) is 0 Å². The number of halogens is 1. The summed E-state index contributed by atoms with van der Waals surface area (Å²) in [6, 6.07) is 5.77. The first-order valence-electron chi connectivity index (χ1n) is 7.97. The lowest BCUT2D eigenvalue weighted by molar-refractivity contribution is -0.125. The van der Waals surface area contributed by atoms with Crippen molar-refractivity contribution in [1.82, 2.24) is 10.6 Å². The second kappa shape index (κ2) is 8.91. The molecule has 2 amide bonds. The molecule has 1 fully saturated rings. The number of carbonyl (C=O) groups is 2. The van der Waals surface area contributed by atoms with Gasteiger partial charge in [-0.15, -0.1) is 11.8 Å². The lowest BCUT2D eigenvalue weighted by Gasteiger charge is -2.15. The molecular formula is C17H23FN2O2S. The topological polar surface area (TPSA) is 58.2 Å². The molecule has 126 valence electrons. The number of hydrogen-bond acceptors (Lipinski definition) is 3. The highest BCUT2D eigenvalue weighted by Crippen LogP contribution is 2.28. The Bertz CT molecular complexity index is 530. The molecule has 6 heteroatoms. The van der Waals surface area contributed by atoms with Gasteiger partial charge in [0.1, 0.15) is 5.82 Å². The normalized spacial score (nSPS) is 16.1. The van der Waals surface area contributed by atoms with Crippen molar-refractivity contribution in [2.75, 3.05) is 12.3 Å². The summed E-state index contributed by atoms with van der Waals surface area (Å²) in [5, 5.41) is 6.02. The van der Waals surface area contributed by atoms with E-state index in [0.717, 1.165) is 5.56 Å². The average Bonchev–Trinajstić information content (AvgIpc) is 3.05. The molecule has 0 unspecified atom stereocenters. The van der Waals surface area contributed by atoms with E-state index in [9.17, 15) is 14.0 Å². The second-order valence-electron chi connectivity index (χ2n) is 5.83. The standard InChI is InChI=1S/C17H23FN2O2S/c1-12(13-6-8-14(18)9-7-13)20-16(21)10-19-17(22)11-23-15-4-2-3-5-15/h6-9,12,15H,2-5,10-11H2,1H3,(H,19,22)(H,20,21)/t12-/m0/s1. The molecule has 1 aromatic carbocycles. The van der Waals surface area contributed by atoms with Gasteiger partial charge in [-0.2, -0.15) is 0 Å². The van der Waals surface area contributed by atoms with Gasteiger partial charge in [-0.25, -0.2) is 4.39 Å². The van der Waals surface area contributed by atoms with Gasteiger partial charge < -0.3 is 10.6 Å². The maximum Gasteiger partial charge on any atom is 0.239 e. The molecule has 4 nitrogen and oxygen atoms in total. The summed E-state index contributed by atoms with van der Waals surface area (Å²) in [6.07, 6.45) is 4.88. The van der Waals surface area contributed by atoms with Crippen LogP contribution in [0.15, 0.2) is 24.3 Å². The molecule has 2 N–H and O–H groups in total. The number of benzene rings is 1. The highest BCUT2D eigenvalue weighted by molar-refractivity contribution is 8.00. The number of amides is 2. The summed E-state index contributed by atoms with van der Waals surface area (Å²) >= 11 is 1.68. The van der Waals surface area contributed by atoms with Gasteiger partial charge in [0.15, 0.2) is 0 Å². The largest absolute Gasteiger partial charge is 0.348 e. The van der Waals surface area contributed by atoms with Crippen LogP contribution >= 0.6 is 11.8 Å². The molecule has 0 saturated heterocycles. The highest BCUT2D eigenvalue weighted by Gasteiger charge is 2.17. The van der Waals surface area contributed by atoms with Gasteiger partial charge in [0.25, 0.3) is 0 Å². The first kappa shape index (κ1) is 17.8. The molecule has 1 saturated carbocycles. The first-order chi connectivity index (χ1) is 11.0. The Morgan fingerprint density at radius 2 is 1.87 bits per heavy atom. The average molecular weight is 338 g/mol. The van der Waals surface area contributed by atoms with E-state index >= 15 is 0 Å². The maximum absolute atomic E-state index is 12.9. The van der Waals surface area contributed by atoms with Gasteiger partial charge >= 0.3 is 0 Å². The van der Waals surface area contributed by atoms with Gasteiger partial charge in [0, 0.05) is 5.25 Å². The van der Waals surface area contributed by atoms with Crippen LogP contribution < -0.4 is 10.6 Å². The molecule has 0 bridgehead atoms. The quantitative estimate of drug-likeness (QED) is 0.804. The number of thioether (sulfide) groups is 1. The molecule has 0 spiro atoms. The van der Waals surface area contributed by atoms with E-state index in [0.29, 0.717) is 11.0 Å². The summed E-state index contributed by atoms with van der Waals surface area (Å²) in [5.74, 6) is -0.252. The highest BCUT2D eigenvalue weighted by atomic mass is 32.2. The van der Waals surface area contributed by atoms with E-state index in [-0.39, 0.29) is 30.2 Å². The molecule has 2 rings (SSSR count). The third kappa shape index (κ3) is 6.22. The Morgan fingerprint density at radius 1 is 1.22 bits per heavy atom. The van der Waals surface area contributed by atoms with Crippen LogP contribution in [0.5, 0.6) is 0 Å². The molecular weight excluding hydrogens is 315 g/mol. The van der Waals surface area contributed by atoms with Gasteiger partial charge in [-0.3, -0.25) is 9.59 Å². The van der Waals surface area contributed by atoms with Gasteiger partial charge in [0.2, 0.25) is 11.8 Å². The van der Waals surface area contributed by atoms with Crippen molar-refractivity contribution in [2.24, 2.45) is 0 Å². The molecule has 0 aromatic heterocycles. The Labute approximate surface area is 140 Å². The molecule has 1 aliphatic rings. The summed E-state index contributed by atoms with van der Waals surface area (Å²) in [6.45, 7) is 1.79. The van der Waals surface area contributed by atoms with Crippen LogP contribution in [0.2, 0.25) is 0 Å².